The van der Waals surface area contributed by atoms with Gasteiger partial charge in [-0.2, -0.15) is 0 Å². The summed E-state index contributed by atoms with van der Waals surface area (Å²) in [5.74, 6) is -0.402. The molecule has 2 aliphatic heterocycles. The van der Waals surface area contributed by atoms with E-state index in [1.165, 1.54) is 22.5 Å². The van der Waals surface area contributed by atoms with Crippen LogP contribution in [0, 0.1) is 0 Å². The Balaban J connectivity index is 1.06. The van der Waals surface area contributed by atoms with Crippen molar-refractivity contribution in [3.05, 3.63) is 93.0 Å². The molecule has 7 nitrogen and oxygen atoms in total. The monoisotopic (exact) mass is 630 g/mol. The predicted molar refractivity (Wildman–Crippen MR) is 177 cm³/mol. The number of carboxylic acid groups (broad SMARTS) is 1. The van der Waals surface area contributed by atoms with Crippen molar-refractivity contribution in [3.63, 3.8) is 0 Å². The Morgan fingerprint density at radius 1 is 1.02 bits per heavy atom. The van der Waals surface area contributed by atoms with E-state index in [-0.39, 0.29) is 11.5 Å². The van der Waals surface area contributed by atoms with Crippen LogP contribution in [0.15, 0.2) is 77.0 Å². The average molecular weight is 631 g/mol. The maximum Gasteiger partial charge on any atom is 0.335 e. The van der Waals surface area contributed by atoms with E-state index in [1.54, 1.807) is 34.4 Å². The van der Waals surface area contributed by atoms with Crippen molar-refractivity contribution in [2.24, 2.45) is 0 Å². The number of thioether (sulfide) groups is 1. The number of carbonyl (C=O) groups is 2. The molecule has 0 saturated carbocycles. The standard InChI is InChI=1S/C33H30N2O5S3/c36-31-30(19-28-18-27(21-42-28)24-7-6-22-4-1-2-5-23(22)16-24)43-33(41)35(31)10-3-13-40-29-9-8-25(32(37)38)17-26(29)20-34-11-14-39-15-12-34/h1-2,4-9,16-19,21H,3,10-15,20H2,(H,37,38)/b30-19-. The van der Waals surface area contributed by atoms with Gasteiger partial charge in [-0.15, -0.1) is 11.3 Å². The zero-order valence-electron chi connectivity index (χ0n) is 23.4. The average Bonchev–Trinajstić information content (AvgIpc) is 3.59. The van der Waals surface area contributed by atoms with E-state index in [1.807, 2.05) is 18.2 Å². The second-order valence-corrected chi connectivity index (χ2v) is 13.0. The van der Waals surface area contributed by atoms with Crippen LogP contribution in [-0.2, 0) is 16.1 Å². The van der Waals surface area contributed by atoms with Gasteiger partial charge in [0.2, 0.25) is 0 Å². The number of ether oxygens (including phenoxy) is 2. The quantitative estimate of drug-likeness (QED) is 0.117. The van der Waals surface area contributed by atoms with Crippen LogP contribution in [0.1, 0.15) is 27.2 Å². The molecule has 0 bridgehead atoms. The van der Waals surface area contributed by atoms with Crippen LogP contribution >= 0.6 is 35.3 Å². The van der Waals surface area contributed by atoms with Crippen LogP contribution in [0.3, 0.4) is 0 Å². The SMILES string of the molecule is O=C(O)c1ccc(OCCCN2C(=O)/C(=C/c3cc(-c4ccc5ccccc5c4)cs3)SC2=S)c(CN2CCOCC2)c1. The molecule has 3 heterocycles. The minimum Gasteiger partial charge on any atom is -0.493 e. The van der Waals surface area contributed by atoms with Crippen molar-refractivity contribution in [1.29, 1.82) is 0 Å². The highest BCUT2D eigenvalue weighted by Crippen LogP contribution is 2.35. The van der Waals surface area contributed by atoms with Crippen molar-refractivity contribution in [3.8, 4) is 16.9 Å². The number of morpholine rings is 1. The lowest BCUT2D eigenvalue weighted by molar-refractivity contribution is -0.122. The topological polar surface area (TPSA) is 79.3 Å². The maximum atomic E-state index is 13.2. The molecule has 220 valence electrons. The molecule has 0 atom stereocenters. The number of aromatic carboxylic acids is 1. The number of carboxylic acids is 1. The van der Waals surface area contributed by atoms with Gasteiger partial charge in [0.25, 0.3) is 5.91 Å². The fourth-order valence-electron chi connectivity index (χ4n) is 5.15. The van der Waals surface area contributed by atoms with Gasteiger partial charge >= 0.3 is 5.97 Å². The Labute approximate surface area is 263 Å². The van der Waals surface area contributed by atoms with E-state index in [9.17, 15) is 14.7 Å². The van der Waals surface area contributed by atoms with E-state index in [4.69, 9.17) is 21.7 Å². The Morgan fingerprint density at radius 3 is 2.65 bits per heavy atom. The van der Waals surface area contributed by atoms with Gasteiger partial charge in [0.15, 0.2) is 0 Å². The van der Waals surface area contributed by atoms with Crippen molar-refractivity contribution >= 4 is 68.4 Å². The number of hydrogen-bond donors (Lipinski definition) is 1. The molecule has 43 heavy (non-hydrogen) atoms. The van der Waals surface area contributed by atoms with Crippen LogP contribution in [-0.4, -0.2) is 70.6 Å². The van der Waals surface area contributed by atoms with Crippen LogP contribution in [0.5, 0.6) is 5.75 Å². The third-order valence-electron chi connectivity index (χ3n) is 7.44. The summed E-state index contributed by atoms with van der Waals surface area (Å²) in [6, 6.07) is 21.8. The van der Waals surface area contributed by atoms with Crippen molar-refractivity contribution in [1.82, 2.24) is 9.80 Å². The predicted octanol–water partition coefficient (Wildman–Crippen LogP) is 6.77. The van der Waals surface area contributed by atoms with Crippen molar-refractivity contribution in [2.75, 3.05) is 39.5 Å². The van der Waals surface area contributed by atoms with Crippen LogP contribution in [0.25, 0.3) is 28.0 Å². The van der Waals surface area contributed by atoms with Gasteiger partial charge in [0.1, 0.15) is 10.1 Å². The molecule has 1 aromatic heterocycles. The lowest BCUT2D eigenvalue weighted by Crippen LogP contribution is -2.35. The summed E-state index contributed by atoms with van der Waals surface area (Å²) >= 11 is 8.48. The molecular formula is C33H30N2O5S3. The van der Waals surface area contributed by atoms with Gasteiger partial charge in [-0.3, -0.25) is 14.6 Å². The zero-order valence-corrected chi connectivity index (χ0v) is 25.8. The van der Waals surface area contributed by atoms with Crippen LogP contribution in [0.4, 0.5) is 0 Å². The van der Waals surface area contributed by atoms with Gasteiger partial charge < -0.3 is 14.6 Å². The maximum absolute atomic E-state index is 13.2. The Morgan fingerprint density at radius 2 is 1.84 bits per heavy atom. The van der Waals surface area contributed by atoms with E-state index >= 15 is 0 Å². The number of fused-ring (bicyclic) bond motifs is 1. The summed E-state index contributed by atoms with van der Waals surface area (Å²) in [5, 5.41) is 14.0. The molecule has 2 aliphatic rings. The van der Waals surface area contributed by atoms with E-state index in [0.29, 0.717) is 54.3 Å². The molecule has 1 amide bonds. The third kappa shape index (κ3) is 7.00. The van der Waals surface area contributed by atoms with Gasteiger partial charge in [-0.05, 0) is 70.1 Å². The molecular weight excluding hydrogens is 601 g/mol. The minimum absolute atomic E-state index is 0.0885. The fraction of sp³-hybridized carbons (Fsp3) is 0.242. The molecule has 0 aliphatic carbocycles. The molecule has 0 unspecified atom stereocenters. The number of amides is 1. The summed E-state index contributed by atoms with van der Waals surface area (Å²) in [5.41, 5.74) is 3.33. The lowest BCUT2D eigenvalue weighted by Gasteiger charge is -2.27. The zero-order chi connectivity index (χ0) is 29.8. The molecule has 1 N–H and O–H groups in total. The van der Waals surface area contributed by atoms with E-state index in [2.05, 4.69) is 46.7 Å². The second-order valence-electron chi connectivity index (χ2n) is 10.4. The van der Waals surface area contributed by atoms with Gasteiger partial charge in [-0.1, -0.05) is 60.4 Å². The van der Waals surface area contributed by atoms with E-state index in [0.717, 1.165) is 34.7 Å². The van der Waals surface area contributed by atoms with Crippen LogP contribution in [0.2, 0.25) is 0 Å². The minimum atomic E-state index is -0.968. The smallest absolute Gasteiger partial charge is 0.335 e. The first-order valence-electron chi connectivity index (χ1n) is 14.1. The first-order chi connectivity index (χ1) is 20.9. The molecule has 0 radical (unpaired) electrons. The summed E-state index contributed by atoms with van der Waals surface area (Å²) in [6.07, 6.45) is 2.51. The lowest BCUT2D eigenvalue weighted by atomic mass is 10.0. The fourth-order valence-corrected chi connectivity index (χ4v) is 7.37. The number of thiophene rings is 1. The molecule has 3 aromatic carbocycles. The largest absolute Gasteiger partial charge is 0.493 e. The molecule has 2 saturated heterocycles. The Bertz CT molecular complexity index is 1710. The number of nitrogens with zero attached hydrogens (tertiary/aromatic N) is 2. The summed E-state index contributed by atoms with van der Waals surface area (Å²) in [4.78, 5) is 30.3. The summed E-state index contributed by atoms with van der Waals surface area (Å²) in [6.45, 7) is 4.30. The first-order valence-corrected chi connectivity index (χ1v) is 16.2. The first kappa shape index (κ1) is 29.5. The number of rotatable bonds is 10. The highest BCUT2D eigenvalue weighted by Gasteiger charge is 2.31. The Hall–Kier alpha value is -3.54. The second kappa shape index (κ2) is 13.4. The number of carbonyl (C=O) groups excluding carboxylic acids is 1. The number of hydrogen-bond acceptors (Lipinski definition) is 8. The van der Waals surface area contributed by atoms with Crippen molar-refractivity contribution < 1.29 is 24.2 Å². The highest BCUT2D eigenvalue weighted by molar-refractivity contribution is 8.26. The van der Waals surface area contributed by atoms with E-state index < -0.39 is 5.97 Å². The molecule has 2 fully saturated rings. The molecule has 6 rings (SSSR count). The highest BCUT2D eigenvalue weighted by atomic mass is 32.2. The van der Waals surface area contributed by atoms with Gasteiger partial charge in [-0.25, -0.2) is 4.79 Å². The molecule has 4 aromatic rings. The summed E-state index contributed by atoms with van der Waals surface area (Å²) < 4.78 is 12.1. The van der Waals surface area contributed by atoms with Gasteiger partial charge in [0, 0.05) is 36.6 Å². The third-order valence-corrected chi connectivity index (χ3v) is 9.70. The van der Waals surface area contributed by atoms with Crippen LogP contribution < -0.4 is 4.74 Å². The van der Waals surface area contributed by atoms with Gasteiger partial charge in [0.05, 0.1) is 30.3 Å². The molecule has 10 heteroatoms. The normalized spacial score (nSPS) is 16.8. The number of thiocarbonyl (C=S) groups is 1. The molecule has 0 spiro atoms. The summed E-state index contributed by atoms with van der Waals surface area (Å²) in [7, 11) is 0. The Kier molecular flexibility index (Phi) is 9.20. The van der Waals surface area contributed by atoms with Crippen molar-refractivity contribution in [2.45, 2.75) is 13.0 Å². The number of benzene rings is 3.